The maximum Gasteiger partial charge on any atom is 0.258 e. The van der Waals surface area contributed by atoms with E-state index in [1.54, 1.807) is 18.1 Å². The highest BCUT2D eigenvalue weighted by Gasteiger charge is 2.12. The molecule has 0 unspecified atom stereocenters. The zero-order valence-corrected chi connectivity index (χ0v) is 16.2. The lowest BCUT2D eigenvalue weighted by atomic mass is 10.3. The summed E-state index contributed by atoms with van der Waals surface area (Å²) >= 11 is 2.87. The third kappa shape index (κ3) is 3.88. The summed E-state index contributed by atoms with van der Waals surface area (Å²) in [5.41, 5.74) is 2.46. The maximum atomic E-state index is 12.4. The molecule has 4 rings (SSSR count). The highest BCUT2D eigenvalue weighted by atomic mass is 32.2. The predicted octanol–water partition coefficient (Wildman–Crippen LogP) is 2.52. The lowest BCUT2D eigenvalue weighted by Crippen LogP contribution is -2.28. The van der Waals surface area contributed by atoms with Gasteiger partial charge in [0.25, 0.3) is 5.56 Å². The van der Waals surface area contributed by atoms with Gasteiger partial charge in [-0.2, -0.15) is 0 Å². The van der Waals surface area contributed by atoms with Crippen LogP contribution in [0.2, 0.25) is 0 Å². The van der Waals surface area contributed by atoms with E-state index in [9.17, 15) is 9.59 Å². The second kappa shape index (κ2) is 7.53. The first kappa shape index (κ1) is 17.7. The Morgan fingerprint density at radius 2 is 2.19 bits per heavy atom. The van der Waals surface area contributed by atoms with Crippen molar-refractivity contribution in [2.75, 3.05) is 12.8 Å². The molecule has 0 atom stereocenters. The van der Waals surface area contributed by atoms with Gasteiger partial charge in [-0.15, -0.1) is 23.1 Å². The first-order valence-corrected chi connectivity index (χ1v) is 10.3. The van der Waals surface area contributed by atoms with Crippen LogP contribution in [0.3, 0.4) is 0 Å². The highest BCUT2D eigenvalue weighted by Crippen LogP contribution is 2.14. The number of imidazole rings is 1. The molecular weight excluding hydrogens is 382 g/mol. The van der Waals surface area contributed by atoms with E-state index in [-0.39, 0.29) is 11.5 Å². The van der Waals surface area contributed by atoms with Crippen LogP contribution in [0.25, 0.3) is 16.0 Å². The average Bonchev–Trinajstić information content (AvgIpc) is 3.27. The smallest absolute Gasteiger partial charge is 0.258 e. The Kier molecular flexibility index (Phi) is 4.95. The van der Waals surface area contributed by atoms with Gasteiger partial charge in [0.2, 0.25) is 5.91 Å². The molecule has 0 spiro atoms. The lowest BCUT2D eigenvalue weighted by molar-refractivity contribution is -0.127. The van der Waals surface area contributed by atoms with E-state index in [2.05, 4.69) is 15.0 Å². The van der Waals surface area contributed by atoms with E-state index < -0.39 is 0 Å². The standard InChI is InChI=1S/C18H17N5O2S2/c1-22(9-15-20-13-4-2-3-5-14(13)21-15)17(25)11-26-10-12-8-16(24)23-6-7-27-18(23)19-12/h2-8H,9-11H2,1H3,(H,20,21). The fraction of sp³-hybridized carbons (Fsp3) is 0.222. The maximum absolute atomic E-state index is 12.4. The zero-order valence-electron chi connectivity index (χ0n) is 14.6. The number of carbonyl (C=O) groups is 1. The minimum atomic E-state index is -0.0924. The summed E-state index contributed by atoms with van der Waals surface area (Å²) in [6.45, 7) is 0.425. The molecule has 0 fully saturated rings. The van der Waals surface area contributed by atoms with Crippen molar-refractivity contribution < 1.29 is 4.79 Å². The van der Waals surface area contributed by atoms with Crippen LogP contribution in [-0.2, 0) is 17.1 Å². The predicted molar refractivity (Wildman–Crippen MR) is 108 cm³/mol. The molecule has 7 nitrogen and oxygen atoms in total. The summed E-state index contributed by atoms with van der Waals surface area (Å²) in [7, 11) is 1.76. The Bertz CT molecular complexity index is 1130. The third-order valence-corrected chi connectivity index (χ3v) is 5.79. The van der Waals surface area contributed by atoms with E-state index in [1.807, 2.05) is 29.6 Å². The number of para-hydroxylation sites is 2. The Labute approximate surface area is 163 Å². The summed E-state index contributed by atoms with van der Waals surface area (Å²) in [4.78, 5) is 38.8. The molecule has 9 heteroatoms. The van der Waals surface area contributed by atoms with Crippen LogP contribution in [0.1, 0.15) is 11.5 Å². The van der Waals surface area contributed by atoms with Crippen molar-refractivity contribution in [3.63, 3.8) is 0 Å². The molecule has 1 N–H and O–H groups in total. The molecule has 3 aromatic heterocycles. The minimum absolute atomic E-state index is 0.00868. The molecule has 0 saturated carbocycles. The molecular formula is C18H17N5O2S2. The third-order valence-electron chi connectivity index (χ3n) is 4.08. The van der Waals surface area contributed by atoms with Crippen molar-refractivity contribution in [3.8, 4) is 0 Å². The number of fused-ring (bicyclic) bond motifs is 2. The SMILES string of the molecule is CN(Cc1nc2ccccc2[nH]1)C(=O)CSCc1cc(=O)n2ccsc2n1. The second-order valence-electron chi connectivity index (χ2n) is 6.08. The van der Waals surface area contributed by atoms with Gasteiger partial charge >= 0.3 is 0 Å². The van der Waals surface area contributed by atoms with E-state index in [1.165, 1.54) is 33.6 Å². The summed E-state index contributed by atoms with van der Waals surface area (Å²) < 4.78 is 1.52. The van der Waals surface area contributed by atoms with Gasteiger partial charge in [0.1, 0.15) is 5.82 Å². The van der Waals surface area contributed by atoms with Gasteiger partial charge in [-0.3, -0.25) is 14.0 Å². The average molecular weight is 400 g/mol. The molecule has 138 valence electrons. The number of nitrogens with one attached hydrogen (secondary N) is 1. The van der Waals surface area contributed by atoms with Gasteiger partial charge in [-0.1, -0.05) is 12.1 Å². The van der Waals surface area contributed by atoms with Gasteiger partial charge in [0.15, 0.2) is 4.96 Å². The zero-order chi connectivity index (χ0) is 18.8. The molecule has 4 aromatic rings. The molecule has 27 heavy (non-hydrogen) atoms. The van der Waals surface area contributed by atoms with Gasteiger partial charge in [-0.05, 0) is 12.1 Å². The summed E-state index contributed by atoms with van der Waals surface area (Å²) in [5.74, 6) is 1.61. The molecule has 0 saturated heterocycles. The topological polar surface area (TPSA) is 83.4 Å². The Hall–Kier alpha value is -2.65. The van der Waals surface area contributed by atoms with Gasteiger partial charge in [-0.25, -0.2) is 9.97 Å². The van der Waals surface area contributed by atoms with E-state index in [0.29, 0.717) is 28.7 Å². The summed E-state index contributed by atoms with van der Waals surface area (Å²) in [5, 5.41) is 1.83. The van der Waals surface area contributed by atoms with Crippen molar-refractivity contribution in [2.45, 2.75) is 12.3 Å². The Morgan fingerprint density at radius 3 is 3.04 bits per heavy atom. The van der Waals surface area contributed by atoms with E-state index in [0.717, 1.165) is 16.9 Å². The van der Waals surface area contributed by atoms with Gasteiger partial charge < -0.3 is 9.88 Å². The van der Waals surface area contributed by atoms with Crippen molar-refractivity contribution in [1.29, 1.82) is 0 Å². The number of carbonyl (C=O) groups excluding carboxylic acids is 1. The van der Waals surface area contributed by atoms with Crippen LogP contribution in [0.4, 0.5) is 0 Å². The molecule has 0 aliphatic rings. The number of nitrogens with zero attached hydrogens (tertiary/aromatic N) is 4. The summed E-state index contributed by atoms with van der Waals surface area (Å²) in [6, 6.07) is 9.31. The van der Waals surface area contributed by atoms with Crippen LogP contribution in [0.5, 0.6) is 0 Å². The van der Waals surface area contributed by atoms with Crippen LogP contribution in [0.15, 0.2) is 46.7 Å². The molecule has 1 amide bonds. The Balaban J connectivity index is 1.33. The number of aromatic nitrogens is 4. The van der Waals surface area contributed by atoms with Crippen molar-refractivity contribution in [2.24, 2.45) is 0 Å². The van der Waals surface area contributed by atoms with Crippen molar-refractivity contribution >= 4 is 45.0 Å². The van der Waals surface area contributed by atoms with Crippen molar-refractivity contribution in [3.05, 3.63) is 63.8 Å². The highest BCUT2D eigenvalue weighted by molar-refractivity contribution is 7.99. The molecule has 0 radical (unpaired) electrons. The van der Waals surface area contributed by atoms with Gasteiger partial charge in [0, 0.05) is 30.4 Å². The minimum Gasteiger partial charge on any atom is -0.340 e. The first-order chi connectivity index (χ1) is 13.1. The van der Waals surface area contributed by atoms with Crippen molar-refractivity contribution in [1.82, 2.24) is 24.3 Å². The number of hydrogen-bond acceptors (Lipinski definition) is 6. The second-order valence-corrected chi connectivity index (χ2v) is 7.94. The number of hydrogen-bond donors (Lipinski definition) is 1. The van der Waals surface area contributed by atoms with Crippen LogP contribution < -0.4 is 5.56 Å². The quantitative estimate of drug-likeness (QED) is 0.539. The lowest BCUT2D eigenvalue weighted by Gasteiger charge is -2.15. The number of H-pyrrole nitrogens is 1. The number of rotatable bonds is 6. The molecule has 0 bridgehead atoms. The fourth-order valence-corrected chi connectivity index (χ4v) is 4.30. The van der Waals surface area contributed by atoms with E-state index in [4.69, 9.17) is 0 Å². The van der Waals surface area contributed by atoms with Crippen LogP contribution in [0, 0.1) is 0 Å². The van der Waals surface area contributed by atoms with E-state index >= 15 is 0 Å². The normalized spacial score (nSPS) is 11.3. The largest absolute Gasteiger partial charge is 0.340 e. The summed E-state index contributed by atoms with van der Waals surface area (Å²) in [6.07, 6.45) is 1.71. The monoisotopic (exact) mass is 399 g/mol. The molecule has 3 heterocycles. The molecule has 1 aromatic carbocycles. The molecule has 0 aliphatic carbocycles. The number of thioether (sulfide) groups is 1. The first-order valence-electron chi connectivity index (χ1n) is 8.31. The number of aromatic amines is 1. The van der Waals surface area contributed by atoms with Crippen LogP contribution >= 0.6 is 23.1 Å². The Morgan fingerprint density at radius 1 is 1.33 bits per heavy atom. The van der Waals surface area contributed by atoms with Gasteiger partial charge in [0.05, 0.1) is 29.0 Å². The van der Waals surface area contributed by atoms with Crippen LogP contribution in [-0.4, -0.2) is 43.0 Å². The number of benzene rings is 1. The fourth-order valence-electron chi connectivity index (χ4n) is 2.71. The number of thiazole rings is 1. The molecule has 0 aliphatic heterocycles. The number of amides is 1.